The highest BCUT2D eigenvalue weighted by atomic mass is 16.2. The van der Waals surface area contributed by atoms with E-state index in [1.165, 1.54) is 18.5 Å². The quantitative estimate of drug-likeness (QED) is 0.846. The number of piperidine rings is 1. The summed E-state index contributed by atoms with van der Waals surface area (Å²) in [4.78, 5) is 23.4. The molecule has 2 N–H and O–H groups in total. The summed E-state index contributed by atoms with van der Waals surface area (Å²) in [7, 11) is 0. The van der Waals surface area contributed by atoms with E-state index in [2.05, 4.69) is 56.7 Å². The Bertz CT molecular complexity index is 808. The number of rotatable bonds is 5. The van der Waals surface area contributed by atoms with Crippen molar-refractivity contribution in [3.05, 3.63) is 41.9 Å². The molecule has 6 heteroatoms. The van der Waals surface area contributed by atoms with Gasteiger partial charge in [0.15, 0.2) is 0 Å². The maximum atomic E-state index is 12.3. The third-order valence-electron chi connectivity index (χ3n) is 5.27. The number of hydrogen-bond acceptors (Lipinski definition) is 5. The Hall–Kier alpha value is -2.63. The van der Waals surface area contributed by atoms with E-state index in [-0.39, 0.29) is 5.91 Å². The normalized spacial score (nSPS) is 17.6. The molecule has 1 aromatic heterocycles. The molecule has 1 aliphatic heterocycles. The molecule has 2 aliphatic rings. The molecule has 1 saturated heterocycles. The van der Waals surface area contributed by atoms with Crippen LogP contribution < -0.4 is 15.5 Å². The van der Waals surface area contributed by atoms with Crippen molar-refractivity contribution < 1.29 is 4.79 Å². The van der Waals surface area contributed by atoms with Gasteiger partial charge in [0.25, 0.3) is 5.91 Å². The Morgan fingerprint density at radius 1 is 1.07 bits per heavy atom. The number of anilines is 3. The van der Waals surface area contributed by atoms with Gasteiger partial charge in [-0.15, -0.1) is 0 Å². The van der Waals surface area contributed by atoms with Gasteiger partial charge in [-0.3, -0.25) is 4.79 Å². The minimum atomic E-state index is -0.124. The molecule has 0 radical (unpaired) electrons. The maximum absolute atomic E-state index is 12.3. The van der Waals surface area contributed by atoms with Crippen LogP contribution in [0.5, 0.6) is 0 Å². The van der Waals surface area contributed by atoms with Gasteiger partial charge in [-0.2, -0.15) is 0 Å². The fourth-order valence-electron chi connectivity index (χ4n) is 3.41. The summed E-state index contributed by atoms with van der Waals surface area (Å²) in [5.41, 5.74) is 2.63. The highest BCUT2D eigenvalue weighted by molar-refractivity contribution is 5.93. The zero-order valence-corrected chi connectivity index (χ0v) is 16.0. The molecule has 0 unspecified atom stereocenters. The van der Waals surface area contributed by atoms with Crippen molar-refractivity contribution in [1.82, 2.24) is 15.3 Å². The van der Waals surface area contributed by atoms with Gasteiger partial charge in [0.1, 0.15) is 17.3 Å². The van der Waals surface area contributed by atoms with Gasteiger partial charge in [-0.05, 0) is 62.8 Å². The zero-order chi connectivity index (χ0) is 18.8. The predicted octanol–water partition coefficient (Wildman–Crippen LogP) is 3.66. The molecule has 1 aromatic carbocycles. The van der Waals surface area contributed by atoms with Gasteiger partial charge in [0.2, 0.25) is 0 Å². The number of nitrogens with zero attached hydrogens (tertiary/aromatic N) is 3. The van der Waals surface area contributed by atoms with E-state index in [1.54, 1.807) is 13.0 Å². The lowest BCUT2D eigenvalue weighted by Gasteiger charge is -2.32. The Morgan fingerprint density at radius 3 is 2.44 bits per heavy atom. The van der Waals surface area contributed by atoms with Crippen molar-refractivity contribution in [2.75, 3.05) is 23.3 Å². The average molecular weight is 365 g/mol. The minimum Gasteiger partial charge on any atom is -0.372 e. The highest BCUT2D eigenvalue weighted by Gasteiger charge is 2.24. The summed E-state index contributed by atoms with van der Waals surface area (Å²) in [5, 5.41) is 6.27. The first kappa shape index (κ1) is 17.8. The lowest BCUT2D eigenvalue weighted by molar-refractivity contribution is 0.0945. The van der Waals surface area contributed by atoms with Crippen LogP contribution in [-0.4, -0.2) is 35.0 Å². The number of hydrogen-bond donors (Lipinski definition) is 2. The van der Waals surface area contributed by atoms with Crippen molar-refractivity contribution >= 4 is 23.1 Å². The number of benzene rings is 1. The number of carbonyl (C=O) groups is 1. The first-order valence-corrected chi connectivity index (χ1v) is 9.85. The average Bonchev–Trinajstić information content (AvgIpc) is 3.47. The summed E-state index contributed by atoms with van der Waals surface area (Å²) in [6, 6.07) is 10.4. The number of amides is 1. The van der Waals surface area contributed by atoms with Crippen molar-refractivity contribution in [1.29, 1.82) is 0 Å². The molecule has 0 atom stereocenters. The van der Waals surface area contributed by atoms with Crippen LogP contribution in [-0.2, 0) is 0 Å². The van der Waals surface area contributed by atoms with Gasteiger partial charge < -0.3 is 15.5 Å². The molecule has 0 bridgehead atoms. The lowest BCUT2D eigenvalue weighted by atomic mass is 9.99. The van der Waals surface area contributed by atoms with Crippen LogP contribution in [0.25, 0.3) is 0 Å². The Labute approximate surface area is 160 Å². The molecule has 4 rings (SSSR count). The molecule has 142 valence electrons. The van der Waals surface area contributed by atoms with Gasteiger partial charge in [-0.25, -0.2) is 9.97 Å². The van der Waals surface area contributed by atoms with Gasteiger partial charge in [-0.1, -0.05) is 6.92 Å². The van der Waals surface area contributed by atoms with Crippen LogP contribution in [0, 0.1) is 12.8 Å². The maximum Gasteiger partial charge on any atom is 0.270 e. The number of carbonyl (C=O) groups excluding carboxylic acids is 1. The van der Waals surface area contributed by atoms with E-state index in [9.17, 15) is 4.79 Å². The molecule has 1 amide bonds. The molecule has 27 heavy (non-hydrogen) atoms. The number of aryl methyl sites for hydroxylation is 1. The van der Waals surface area contributed by atoms with E-state index in [0.717, 1.165) is 37.5 Å². The first-order chi connectivity index (χ1) is 13.1. The molecule has 1 saturated carbocycles. The second-order valence-electron chi connectivity index (χ2n) is 7.77. The largest absolute Gasteiger partial charge is 0.372 e. The Morgan fingerprint density at radius 2 is 1.78 bits per heavy atom. The van der Waals surface area contributed by atoms with E-state index < -0.39 is 0 Å². The predicted molar refractivity (Wildman–Crippen MR) is 108 cm³/mol. The first-order valence-electron chi connectivity index (χ1n) is 9.85. The van der Waals surface area contributed by atoms with E-state index in [1.807, 2.05) is 0 Å². The smallest absolute Gasteiger partial charge is 0.270 e. The molecule has 2 fully saturated rings. The number of aromatic nitrogens is 2. The summed E-state index contributed by atoms with van der Waals surface area (Å²) >= 11 is 0. The molecular weight excluding hydrogens is 338 g/mol. The van der Waals surface area contributed by atoms with Crippen molar-refractivity contribution in [2.24, 2.45) is 5.92 Å². The third-order valence-corrected chi connectivity index (χ3v) is 5.27. The topological polar surface area (TPSA) is 70.2 Å². The van der Waals surface area contributed by atoms with Gasteiger partial charge in [0.05, 0.1) is 0 Å². The monoisotopic (exact) mass is 365 g/mol. The van der Waals surface area contributed by atoms with Crippen LogP contribution in [0.15, 0.2) is 30.3 Å². The standard InChI is InChI=1S/C21H27N5O/c1-14-9-11-26(12-10-14)18-7-5-16(6-8-18)24-20-13-19(22-15(2)23-20)21(27)25-17-3-4-17/h5-8,13-14,17H,3-4,9-12H2,1-2H3,(H,25,27)(H,22,23,24). The fourth-order valence-corrected chi connectivity index (χ4v) is 3.41. The van der Waals surface area contributed by atoms with Crippen LogP contribution in [0.2, 0.25) is 0 Å². The zero-order valence-electron chi connectivity index (χ0n) is 16.0. The summed E-state index contributed by atoms with van der Waals surface area (Å²) < 4.78 is 0. The molecule has 2 heterocycles. The van der Waals surface area contributed by atoms with Gasteiger partial charge in [0, 0.05) is 36.6 Å². The van der Waals surface area contributed by atoms with Crippen LogP contribution >= 0.6 is 0 Å². The van der Waals surface area contributed by atoms with E-state index >= 15 is 0 Å². The third kappa shape index (κ3) is 4.56. The SMILES string of the molecule is Cc1nc(Nc2ccc(N3CCC(C)CC3)cc2)cc(C(=O)NC2CC2)n1. The van der Waals surface area contributed by atoms with Crippen LogP contribution in [0.1, 0.15) is 48.9 Å². The highest BCUT2D eigenvalue weighted by Crippen LogP contribution is 2.25. The second kappa shape index (κ2) is 7.55. The molecule has 2 aromatic rings. The molecular formula is C21H27N5O. The lowest BCUT2D eigenvalue weighted by Crippen LogP contribution is -2.32. The summed E-state index contributed by atoms with van der Waals surface area (Å²) in [6.45, 7) is 6.38. The van der Waals surface area contributed by atoms with Gasteiger partial charge >= 0.3 is 0 Å². The Balaban J connectivity index is 1.44. The number of nitrogens with one attached hydrogen (secondary N) is 2. The molecule has 1 aliphatic carbocycles. The Kier molecular flexibility index (Phi) is 4.97. The van der Waals surface area contributed by atoms with Crippen molar-refractivity contribution in [3.8, 4) is 0 Å². The summed E-state index contributed by atoms with van der Waals surface area (Å²) in [5.74, 6) is 1.93. The van der Waals surface area contributed by atoms with Crippen molar-refractivity contribution in [3.63, 3.8) is 0 Å². The summed E-state index contributed by atoms with van der Waals surface area (Å²) in [6.07, 6.45) is 4.63. The molecule has 6 nitrogen and oxygen atoms in total. The molecule has 0 spiro atoms. The van der Waals surface area contributed by atoms with Crippen molar-refractivity contribution in [2.45, 2.75) is 45.6 Å². The van der Waals surface area contributed by atoms with Crippen LogP contribution in [0.3, 0.4) is 0 Å². The second-order valence-corrected chi connectivity index (χ2v) is 7.77. The fraction of sp³-hybridized carbons (Fsp3) is 0.476. The van der Waals surface area contributed by atoms with Crippen LogP contribution in [0.4, 0.5) is 17.2 Å². The van der Waals surface area contributed by atoms with E-state index in [4.69, 9.17) is 0 Å². The minimum absolute atomic E-state index is 0.124. The van der Waals surface area contributed by atoms with E-state index in [0.29, 0.717) is 23.4 Å².